The summed E-state index contributed by atoms with van der Waals surface area (Å²) < 4.78 is 31.3. The minimum atomic E-state index is -1.65. The molecule has 0 radical (unpaired) electrons. The number of ether oxygens (including phenoxy) is 1. The van der Waals surface area contributed by atoms with Gasteiger partial charge in [-0.1, -0.05) is 23.3 Å². The Labute approximate surface area is 118 Å². The second kappa shape index (κ2) is 5.20. The van der Waals surface area contributed by atoms with Gasteiger partial charge in [0.05, 0.1) is 17.2 Å². The maximum atomic E-state index is 13.2. The van der Waals surface area contributed by atoms with Crippen LogP contribution in [0.15, 0.2) is 35.0 Å². The largest absolute Gasteiger partial charge is 0.415 e. The third-order valence-electron chi connectivity index (χ3n) is 2.62. The zero-order valence-electron chi connectivity index (χ0n) is 10.5. The van der Waals surface area contributed by atoms with Crippen molar-refractivity contribution in [1.82, 2.24) is 0 Å². The van der Waals surface area contributed by atoms with Gasteiger partial charge in [0.1, 0.15) is 11.6 Å². The number of esters is 1. The topological polar surface area (TPSA) is 47.9 Å². The lowest BCUT2D eigenvalue weighted by Gasteiger charge is -2.24. The highest BCUT2D eigenvalue weighted by Crippen LogP contribution is 2.36. The Bertz CT molecular complexity index is 597. The average Bonchev–Trinajstić information content (AvgIpc) is 2.72. The van der Waals surface area contributed by atoms with E-state index in [0.29, 0.717) is 0 Å². The summed E-state index contributed by atoms with van der Waals surface area (Å²) in [5.41, 5.74) is 0.376. The van der Waals surface area contributed by atoms with E-state index in [1.165, 1.54) is 6.92 Å². The fourth-order valence-corrected chi connectivity index (χ4v) is 1.92. The SMILES string of the molecule is C=C(Cl)C1(OC(C)=O)CC(c2cc(F)cc(F)c2)=NO1. The number of carbonyl (C=O) groups excluding carboxylic acids is 1. The lowest BCUT2D eigenvalue weighted by Crippen LogP contribution is -2.35. The summed E-state index contributed by atoms with van der Waals surface area (Å²) in [6.07, 6.45) is -0.0855. The molecule has 0 amide bonds. The predicted octanol–water partition coefficient (Wildman–Crippen LogP) is 3.10. The molecule has 0 N–H and O–H groups in total. The van der Waals surface area contributed by atoms with Gasteiger partial charge in [-0.15, -0.1) is 0 Å². The van der Waals surface area contributed by atoms with Crippen LogP contribution in [0.2, 0.25) is 0 Å². The van der Waals surface area contributed by atoms with Gasteiger partial charge in [-0.25, -0.2) is 8.78 Å². The summed E-state index contributed by atoms with van der Waals surface area (Å²) in [5, 5.41) is 3.58. The summed E-state index contributed by atoms with van der Waals surface area (Å²) in [6.45, 7) is 4.64. The number of hydrogen-bond donors (Lipinski definition) is 0. The molecule has 1 heterocycles. The Morgan fingerprint density at radius 2 is 2.05 bits per heavy atom. The van der Waals surface area contributed by atoms with Crippen LogP contribution in [0.1, 0.15) is 18.9 Å². The molecule has 1 aliphatic rings. The Morgan fingerprint density at radius 1 is 1.45 bits per heavy atom. The monoisotopic (exact) mass is 301 g/mol. The van der Waals surface area contributed by atoms with Crippen molar-refractivity contribution in [2.75, 3.05) is 0 Å². The number of benzene rings is 1. The van der Waals surface area contributed by atoms with Crippen LogP contribution in [0, 0.1) is 11.6 Å². The van der Waals surface area contributed by atoms with Gasteiger partial charge in [-0.2, -0.15) is 0 Å². The highest BCUT2D eigenvalue weighted by Gasteiger charge is 2.45. The van der Waals surface area contributed by atoms with Crippen LogP contribution < -0.4 is 0 Å². The molecule has 0 aromatic heterocycles. The molecule has 0 saturated carbocycles. The van der Waals surface area contributed by atoms with Crippen molar-refractivity contribution in [3.63, 3.8) is 0 Å². The third-order valence-corrected chi connectivity index (χ3v) is 2.91. The summed E-state index contributed by atoms with van der Waals surface area (Å²) in [7, 11) is 0. The van der Waals surface area contributed by atoms with Gasteiger partial charge in [-0.05, 0) is 12.1 Å². The van der Waals surface area contributed by atoms with Crippen molar-refractivity contribution in [2.24, 2.45) is 5.16 Å². The van der Waals surface area contributed by atoms with Crippen molar-refractivity contribution >= 4 is 23.3 Å². The number of halogens is 3. The first kappa shape index (κ1) is 14.5. The first-order valence-corrected chi connectivity index (χ1v) is 5.96. The van der Waals surface area contributed by atoms with Crippen molar-refractivity contribution in [2.45, 2.75) is 19.1 Å². The molecule has 0 fully saturated rings. The van der Waals surface area contributed by atoms with E-state index < -0.39 is 23.4 Å². The molecule has 0 saturated heterocycles. The second-order valence-corrected chi connectivity index (χ2v) is 4.67. The molecule has 1 aromatic rings. The van der Waals surface area contributed by atoms with Crippen LogP contribution in [-0.4, -0.2) is 17.5 Å². The zero-order valence-corrected chi connectivity index (χ0v) is 11.2. The summed E-state index contributed by atoms with van der Waals surface area (Å²) in [5.74, 6) is -3.80. The summed E-state index contributed by atoms with van der Waals surface area (Å²) in [4.78, 5) is 16.1. The van der Waals surface area contributed by atoms with Crippen LogP contribution in [-0.2, 0) is 14.4 Å². The van der Waals surface area contributed by atoms with Crippen molar-refractivity contribution < 1.29 is 23.1 Å². The van der Waals surface area contributed by atoms with E-state index in [-0.39, 0.29) is 22.7 Å². The van der Waals surface area contributed by atoms with E-state index in [1.54, 1.807) is 0 Å². The molecule has 7 heteroatoms. The van der Waals surface area contributed by atoms with Gasteiger partial charge in [0.15, 0.2) is 0 Å². The molecule has 1 aliphatic heterocycles. The molecule has 4 nitrogen and oxygen atoms in total. The zero-order chi connectivity index (χ0) is 14.9. The molecule has 1 aromatic carbocycles. The first-order valence-electron chi connectivity index (χ1n) is 5.58. The normalized spacial score (nSPS) is 21.1. The lowest BCUT2D eigenvalue weighted by molar-refractivity contribution is -0.199. The maximum absolute atomic E-state index is 13.2. The predicted molar refractivity (Wildman–Crippen MR) is 68.1 cm³/mol. The molecular formula is C13H10ClF2NO3. The van der Waals surface area contributed by atoms with Gasteiger partial charge in [0.2, 0.25) is 0 Å². The third kappa shape index (κ3) is 2.80. The molecular weight excluding hydrogens is 292 g/mol. The van der Waals surface area contributed by atoms with E-state index in [4.69, 9.17) is 21.2 Å². The second-order valence-electron chi connectivity index (χ2n) is 4.22. The smallest absolute Gasteiger partial charge is 0.320 e. The fraction of sp³-hybridized carbons (Fsp3) is 0.231. The fourth-order valence-electron chi connectivity index (χ4n) is 1.78. The van der Waals surface area contributed by atoms with Gasteiger partial charge < -0.3 is 9.57 Å². The molecule has 0 spiro atoms. The molecule has 1 atom stereocenters. The quantitative estimate of drug-likeness (QED) is 0.806. The van der Waals surface area contributed by atoms with Gasteiger partial charge in [0, 0.05) is 18.6 Å². The van der Waals surface area contributed by atoms with E-state index >= 15 is 0 Å². The van der Waals surface area contributed by atoms with Crippen LogP contribution in [0.5, 0.6) is 0 Å². The lowest BCUT2D eigenvalue weighted by atomic mass is 10.0. The van der Waals surface area contributed by atoms with Gasteiger partial charge in [0.25, 0.3) is 0 Å². The molecule has 0 bridgehead atoms. The first-order chi connectivity index (χ1) is 9.32. The van der Waals surface area contributed by atoms with Crippen LogP contribution in [0.4, 0.5) is 8.78 Å². The number of carbonyl (C=O) groups is 1. The molecule has 20 heavy (non-hydrogen) atoms. The minimum Gasteiger partial charge on any atom is -0.415 e. The molecule has 2 rings (SSSR count). The van der Waals surface area contributed by atoms with E-state index in [1.807, 2.05) is 0 Å². The Balaban J connectivity index is 2.29. The number of rotatable bonds is 3. The van der Waals surface area contributed by atoms with Crippen LogP contribution in [0.3, 0.4) is 0 Å². The molecule has 1 unspecified atom stereocenters. The number of nitrogens with zero attached hydrogens (tertiary/aromatic N) is 1. The Kier molecular flexibility index (Phi) is 3.76. The highest BCUT2D eigenvalue weighted by molar-refractivity contribution is 6.30. The highest BCUT2D eigenvalue weighted by atomic mass is 35.5. The number of oxime groups is 1. The molecule has 106 valence electrons. The average molecular weight is 302 g/mol. The summed E-state index contributed by atoms with van der Waals surface area (Å²) >= 11 is 5.78. The van der Waals surface area contributed by atoms with Crippen molar-refractivity contribution in [1.29, 1.82) is 0 Å². The van der Waals surface area contributed by atoms with Crippen LogP contribution in [0.25, 0.3) is 0 Å². The standard InChI is InChI=1S/C13H10ClF2NO3/c1-7(14)13(19-8(2)18)6-12(17-20-13)9-3-10(15)5-11(16)4-9/h3-5H,1,6H2,2H3. The number of hydrogen-bond acceptors (Lipinski definition) is 4. The van der Waals surface area contributed by atoms with Crippen molar-refractivity contribution in [3.05, 3.63) is 47.0 Å². The Hall–Kier alpha value is -1.95. The maximum Gasteiger partial charge on any atom is 0.320 e. The van der Waals surface area contributed by atoms with Crippen LogP contribution >= 0.6 is 11.6 Å². The van der Waals surface area contributed by atoms with Crippen molar-refractivity contribution in [3.8, 4) is 0 Å². The van der Waals surface area contributed by atoms with E-state index in [9.17, 15) is 13.6 Å². The molecule has 0 aliphatic carbocycles. The van der Waals surface area contributed by atoms with Gasteiger partial charge in [-0.3, -0.25) is 4.79 Å². The minimum absolute atomic E-state index is 0.0855. The summed E-state index contributed by atoms with van der Waals surface area (Å²) in [6, 6.07) is 2.91. The Morgan fingerprint density at radius 3 is 2.55 bits per heavy atom. The van der Waals surface area contributed by atoms with E-state index in [2.05, 4.69) is 11.7 Å². The van der Waals surface area contributed by atoms with E-state index in [0.717, 1.165) is 18.2 Å². The van der Waals surface area contributed by atoms with Gasteiger partial charge >= 0.3 is 11.8 Å².